The molecule has 0 atom stereocenters. The van der Waals surface area contributed by atoms with Crippen LogP contribution in [0.4, 0.5) is 9.93 Å². The van der Waals surface area contributed by atoms with Crippen LogP contribution in [0.1, 0.15) is 17.5 Å². The molecule has 0 aliphatic carbocycles. The second-order valence-electron chi connectivity index (χ2n) is 5.81. The molecule has 0 aliphatic rings. The van der Waals surface area contributed by atoms with Gasteiger partial charge in [-0.1, -0.05) is 41.7 Å². The number of carbonyl (C=O) groups is 2. The van der Waals surface area contributed by atoms with Crippen LogP contribution in [0.5, 0.6) is 0 Å². The number of carbonyl (C=O) groups excluding carboxylic acids is 2. The highest BCUT2D eigenvalue weighted by atomic mass is 32.1. The fourth-order valence-electron chi connectivity index (χ4n) is 2.42. The summed E-state index contributed by atoms with van der Waals surface area (Å²) in [6, 6.07) is 12.7. The molecule has 10 heteroatoms. The van der Waals surface area contributed by atoms with Crippen molar-refractivity contribution < 1.29 is 9.59 Å². The molecule has 0 saturated carbocycles. The highest BCUT2D eigenvalue weighted by Crippen LogP contribution is 2.11. The minimum atomic E-state index is -0.570. The lowest BCUT2D eigenvalue weighted by atomic mass is 10.1. The van der Waals surface area contributed by atoms with E-state index in [-0.39, 0.29) is 18.9 Å². The molecule has 0 saturated heterocycles. The van der Waals surface area contributed by atoms with Gasteiger partial charge in [-0.15, -0.1) is 5.10 Å². The highest BCUT2D eigenvalue weighted by Gasteiger charge is 2.17. The number of hydrazine groups is 1. The first-order chi connectivity index (χ1) is 13.6. The summed E-state index contributed by atoms with van der Waals surface area (Å²) >= 11 is 6.07. The average Bonchev–Trinajstić information content (AvgIpc) is 3.11. The lowest BCUT2D eigenvalue weighted by molar-refractivity contribution is -0.134. The van der Waals surface area contributed by atoms with E-state index in [0.29, 0.717) is 15.5 Å². The topological polar surface area (TPSA) is 103 Å². The van der Waals surface area contributed by atoms with Gasteiger partial charge in [0.25, 0.3) is 0 Å². The minimum absolute atomic E-state index is 0.203. The Balaban J connectivity index is 1.65. The number of nitrogens with zero attached hydrogens (tertiary/aromatic N) is 3. The molecule has 2 heterocycles. The summed E-state index contributed by atoms with van der Waals surface area (Å²) in [5.74, 6) is -0.203. The maximum absolute atomic E-state index is 12.7. The molecular formula is C18H18N6O2S2. The summed E-state index contributed by atoms with van der Waals surface area (Å²) in [5.41, 5.74) is 4.49. The molecule has 0 radical (unpaired) electrons. The molecule has 0 bridgehead atoms. The van der Waals surface area contributed by atoms with Crippen molar-refractivity contribution in [3.05, 3.63) is 69.9 Å². The summed E-state index contributed by atoms with van der Waals surface area (Å²) in [6.45, 7) is 0.222. The fourth-order valence-corrected chi connectivity index (χ4v) is 3.21. The van der Waals surface area contributed by atoms with Gasteiger partial charge in [-0.2, -0.15) is 0 Å². The predicted molar refractivity (Wildman–Crippen MR) is 109 cm³/mol. The van der Waals surface area contributed by atoms with E-state index >= 15 is 0 Å². The number of hydrogen-bond acceptors (Lipinski definition) is 6. The van der Waals surface area contributed by atoms with Crippen LogP contribution in [0.15, 0.2) is 54.9 Å². The zero-order valence-electron chi connectivity index (χ0n) is 14.8. The molecule has 3 aromatic rings. The molecule has 0 aliphatic heterocycles. The Morgan fingerprint density at radius 1 is 1.11 bits per heavy atom. The fraction of sp³-hybridized carbons (Fsp3) is 0.167. The Bertz CT molecular complexity index is 974. The molecule has 3 rings (SSSR count). The van der Waals surface area contributed by atoms with Gasteiger partial charge in [-0.05, 0) is 41.9 Å². The SMILES string of the molecule is O=C(Nc1n[nH]c(=S)s1)NN(Cc1ccncc1)C(=O)CCc1ccccc1. The Morgan fingerprint density at radius 3 is 2.54 bits per heavy atom. The van der Waals surface area contributed by atoms with E-state index < -0.39 is 6.03 Å². The van der Waals surface area contributed by atoms with E-state index in [2.05, 4.69) is 25.9 Å². The quantitative estimate of drug-likeness (QED) is 0.424. The summed E-state index contributed by atoms with van der Waals surface area (Å²) < 4.78 is 0.447. The third-order valence-electron chi connectivity index (χ3n) is 3.76. The maximum atomic E-state index is 12.7. The van der Waals surface area contributed by atoms with Crippen molar-refractivity contribution >= 4 is 40.6 Å². The standard InChI is InChI=1S/C18H18N6O2S2/c25-15(7-6-13-4-2-1-3-5-13)24(12-14-8-10-19-11-9-14)23-16(26)20-17-21-22-18(27)28-17/h1-5,8-11H,6-7,12H2,(H,22,27)(H2,20,21,23,26). The zero-order valence-corrected chi connectivity index (χ0v) is 16.4. The molecule has 2 aromatic heterocycles. The summed E-state index contributed by atoms with van der Waals surface area (Å²) in [5, 5.41) is 10.6. The Hall–Kier alpha value is -3.11. The molecule has 0 spiro atoms. The number of rotatable bonds is 6. The van der Waals surface area contributed by atoms with E-state index in [0.717, 1.165) is 22.5 Å². The molecular weight excluding hydrogens is 396 g/mol. The van der Waals surface area contributed by atoms with Crippen LogP contribution in [0.3, 0.4) is 0 Å². The molecule has 28 heavy (non-hydrogen) atoms. The molecule has 8 nitrogen and oxygen atoms in total. The Morgan fingerprint density at radius 2 is 1.86 bits per heavy atom. The number of nitrogens with one attached hydrogen (secondary N) is 3. The van der Waals surface area contributed by atoms with Crippen LogP contribution < -0.4 is 10.7 Å². The highest BCUT2D eigenvalue weighted by molar-refractivity contribution is 7.73. The third kappa shape index (κ3) is 5.96. The number of benzene rings is 1. The first kappa shape index (κ1) is 19.6. The number of amides is 3. The van der Waals surface area contributed by atoms with E-state index in [4.69, 9.17) is 12.2 Å². The second-order valence-corrected chi connectivity index (χ2v) is 7.47. The smallest absolute Gasteiger partial charge is 0.281 e. The van der Waals surface area contributed by atoms with E-state index in [1.807, 2.05) is 30.3 Å². The normalized spacial score (nSPS) is 10.3. The molecule has 1 aromatic carbocycles. The van der Waals surface area contributed by atoms with Crippen molar-refractivity contribution in [1.29, 1.82) is 0 Å². The number of urea groups is 1. The number of H-pyrrole nitrogens is 1. The van der Waals surface area contributed by atoms with Gasteiger partial charge in [0.05, 0.1) is 6.54 Å². The predicted octanol–water partition coefficient (Wildman–Crippen LogP) is 3.29. The maximum Gasteiger partial charge on any atom is 0.339 e. The molecule has 3 N–H and O–H groups in total. The van der Waals surface area contributed by atoms with Gasteiger partial charge >= 0.3 is 6.03 Å². The summed E-state index contributed by atoms with van der Waals surface area (Å²) in [6.07, 6.45) is 4.12. The second kappa shape index (κ2) is 9.72. The van der Waals surface area contributed by atoms with Crippen molar-refractivity contribution in [2.75, 3.05) is 5.32 Å². The number of aromatic nitrogens is 3. The van der Waals surface area contributed by atoms with Gasteiger partial charge in [0.15, 0.2) is 3.95 Å². The number of aryl methyl sites for hydroxylation is 1. The van der Waals surface area contributed by atoms with Crippen LogP contribution in [-0.4, -0.2) is 32.1 Å². The van der Waals surface area contributed by atoms with Crippen LogP contribution in [-0.2, 0) is 17.8 Å². The van der Waals surface area contributed by atoms with Crippen molar-refractivity contribution in [2.24, 2.45) is 0 Å². The summed E-state index contributed by atoms with van der Waals surface area (Å²) in [7, 11) is 0. The van der Waals surface area contributed by atoms with Gasteiger partial charge in [0.1, 0.15) is 0 Å². The molecule has 144 valence electrons. The number of aromatic amines is 1. The van der Waals surface area contributed by atoms with Crippen LogP contribution in [0.2, 0.25) is 0 Å². The third-order valence-corrected chi connectivity index (χ3v) is 4.76. The Labute approximate surface area is 170 Å². The zero-order chi connectivity index (χ0) is 19.8. The van der Waals surface area contributed by atoms with Gasteiger partial charge in [0, 0.05) is 18.8 Å². The van der Waals surface area contributed by atoms with Gasteiger partial charge in [0.2, 0.25) is 11.0 Å². The summed E-state index contributed by atoms with van der Waals surface area (Å²) in [4.78, 5) is 29.0. The van der Waals surface area contributed by atoms with E-state index in [1.54, 1.807) is 24.5 Å². The first-order valence-corrected chi connectivity index (χ1v) is 9.69. The number of hydrogen-bond donors (Lipinski definition) is 3. The van der Waals surface area contributed by atoms with Crippen LogP contribution >= 0.6 is 23.6 Å². The number of anilines is 1. The van der Waals surface area contributed by atoms with Crippen molar-refractivity contribution in [2.45, 2.75) is 19.4 Å². The molecule has 0 fully saturated rings. The van der Waals surface area contributed by atoms with Gasteiger partial charge in [-0.3, -0.25) is 20.2 Å². The van der Waals surface area contributed by atoms with E-state index in [9.17, 15) is 9.59 Å². The largest absolute Gasteiger partial charge is 0.339 e. The van der Waals surface area contributed by atoms with E-state index in [1.165, 1.54) is 5.01 Å². The monoisotopic (exact) mass is 414 g/mol. The van der Waals surface area contributed by atoms with Crippen LogP contribution in [0, 0.1) is 3.95 Å². The van der Waals surface area contributed by atoms with Crippen molar-refractivity contribution in [3.63, 3.8) is 0 Å². The van der Waals surface area contributed by atoms with Gasteiger partial charge < -0.3 is 0 Å². The average molecular weight is 415 g/mol. The van der Waals surface area contributed by atoms with Crippen molar-refractivity contribution in [1.82, 2.24) is 25.6 Å². The Kier molecular flexibility index (Phi) is 6.82. The number of pyridine rings is 1. The van der Waals surface area contributed by atoms with Crippen LogP contribution in [0.25, 0.3) is 0 Å². The minimum Gasteiger partial charge on any atom is -0.281 e. The molecule has 0 unspecified atom stereocenters. The van der Waals surface area contributed by atoms with Crippen molar-refractivity contribution in [3.8, 4) is 0 Å². The lowest BCUT2D eigenvalue weighted by Crippen LogP contribution is -2.47. The molecule has 3 amide bonds. The lowest BCUT2D eigenvalue weighted by Gasteiger charge is -2.23. The first-order valence-electron chi connectivity index (χ1n) is 8.46. The van der Waals surface area contributed by atoms with Gasteiger partial charge in [-0.25, -0.2) is 15.2 Å².